The molecule has 1 N–H and O–H groups in total. The zero-order chi connectivity index (χ0) is 16.2. The number of hydrogen-bond donors (Lipinski definition) is 1. The van der Waals surface area contributed by atoms with Crippen molar-refractivity contribution in [2.45, 2.75) is 30.4 Å². The third-order valence-corrected chi connectivity index (χ3v) is 5.15. The predicted octanol–water partition coefficient (Wildman–Crippen LogP) is 4.46. The highest BCUT2D eigenvalue weighted by atomic mass is 35.5. The zero-order valence-electron chi connectivity index (χ0n) is 12.8. The first-order valence-electron chi connectivity index (χ1n) is 7.58. The van der Waals surface area contributed by atoms with Crippen molar-refractivity contribution in [3.8, 4) is 5.75 Å². The molecule has 0 saturated carbocycles. The maximum absolute atomic E-state index is 12.4. The van der Waals surface area contributed by atoms with Gasteiger partial charge in [-0.25, -0.2) is 0 Å². The summed E-state index contributed by atoms with van der Waals surface area (Å²) in [6, 6.07) is 15.3. The van der Waals surface area contributed by atoms with Crippen LogP contribution in [0.3, 0.4) is 0 Å². The molecule has 1 heterocycles. The molecular weight excluding hydrogens is 330 g/mol. The zero-order valence-corrected chi connectivity index (χ0v) is 14.4. The topological polar surface area (TPSA) is 38.3 Å². The predicted molar refractivity (Wildman–Crippen MR) is 94.2 cm³/mol. The fourth-order valence-electron chi connectivity index (χ4n) is 2.55. The van der Waals surface area contributed by atoms with Crippen LogP contribution in [-0.4, -0.2) is 17.8 Å². The van der Waals surface area contributed by atoms with Gasteiger partial charge >= 0.3 is 0 Å². The van der Waals surface area contributed by atoms with Gasteiger partial charge in [0.1, 0.15) is 5.75 Å². The Hall–Kier alpha value is -1.65. The number of benzene rings is 2. The lowest BCUT2D eigenvalue weighted by Crippen LogP contribution is -2.39. The van der Waals surface area contributed by atoms with E-state index in [1.54, 1.807) is 31.2 Å². The Bertz CT molecular complexity index is 690. The van der Waals surface area contributed by atoms with Gasteiger partial charge in [-0.15, -0.1) is 11.8 Å². The molecule has 0 spiro atoms. The fraction of sp³-hybridized carbons (Fsp3) is 0.278. The summed E-state index contributed by atoms with van der Waals surface area (Å²) in [5.74, 6) is 1.54. The minimum absolute atomic E-state index is 0.0521. The molecule has 2 aromatic carbocycles. The van der Waals surface area contributed by atoms with Gasteiger partial charge in [-0.1, -0.05) is 29.8 Å². The van der Waals surface area contributed by atoms with Crippen LogP contribution in [0, 0.1) is 0 Å². The number of thioether (sulfide) groups is 1. The number of carbonyl (C=O) groups excluding carboxylic acids is 1. The van der Waals surface area contributed by atoms with E-state index in [2.05, 4.69) is 17.4 Å². The molecule has 3 rings (SSSR count). The van der Waals surface area contributed by atoms with Crippen LogP contribution in [0.1, 0.15) is 24.9 Å². The minimum Gasteiger partial charge on any atom is -0.481 e. The molecule has 0 aromatic heterocycles. The molecule has 0 bridgehead atoms. The van der Waals surface area contributed by atoms with Crippen LogP contribution < -0.4 is 10.1 Å². The summed E-state index contributed by atoms with van der Waals surface area (Å²) < 4.78 is 5.68. The molecule has 1 aliphatic heterocycles. The van der Waals surface area contributed by atoms with Gasteiger partial charge in [-0.05, 0) is 49.2 Å². The largest absolute Gasteiger partial charge is 0.481 e. The van der Waals surface area contributed by atoms with E-state index in [0.29, 0.717) is 10.8 Å². The second-order valence-electron chi connectivity index (χ2n) is 5.45. The molecule has 0 aliphatic carbocycles. The highest BCUT2D eigenvalue weighted by molar-refractivity contribution is 7.99. The molecule has 5 heteroatoms. The standard InChI is InChI=1S/C18H18ClNO2S/c1-12(22-14-8-6-13(19)7-9-14)18(21)20-16-10-11-23-17-5-3-2-4-15(16)17/h2-9,12,16H,10-11H2,1H3,(H,20,21)/t12-,16+/m0/s1. The summed E-state index contributed by atoms with van der Waals surface area (Å²) in [5, 5.41) is 3.75. The molecule has 23 heavy (non-hydrogen) atoms. The Morgan fingerprint density at radius 1 is 1.26 bits per heavy atom. The van der Waals surface area contributed by atoms with E-state index < -0.39 is 6.10 Å². The van der Waals surface area contributed by atoms with E-state index in [9.17, 15) is 4.79 Å². The maximum Gasteiger partial charge on any atom is 0.261 e. The lowest BCUT2D eigenvalue weighted by molar-refractivity contribution is -0.128. The molecular formula is C18H18ClNO2S. The molecule has 1 amide bonds. The van der Waals surface area contributed by atoms with Crippen molar-refractivity contribution in [1.82, 2.24) is 5.32 Å². The smallest absolute Gasteiger partial charge is 0.261 e. The van der Waals surface area contributed by atoms with Crippen LogP contribution in [0.25, 0.3) is 0 Å². The van der Waals surface area contributed by atoms with Crippen molar-refractivity contribution >= 4 is 29.3 Å². The second kappa shape index (κ2) is 7.28. The summed E-state index contributed by atoms with van der Waals surface area (Å²) in [4.78, 5) is 13.7. The van der Waals surface area contributed by atoms with E-state index in [0.717, 1.165) is 12.2 Å². The van der Waals surface area contributed by atoms with Crippen LogP contribution >= 0.6 is 23.4 Å². The second-order valence-corrected chi connectivity index (χ2v) is 7.02. The highest BCUT2D eigenvalue weighted by Gasteiger charge is 2.24. The molecule has 120 valence electrons. The Kier molecular flexibility index (Phi) is 5.13. The Morgan fingerprint density at radius 2 is 2.00 bits per heavy atom. The number of ether oxygens (including phenoxy) is 1. The van der Waals surface area contributed by atoms with Crippen LogP contribution in [0.5, 0.6) is 5.75 Å². The van der Waals surface area contributed by atoms with E-state index in [1.165, 1.54) is 10.5 Å². The van der Waals surface area contributed by atoms with E-state index in [4.69, 9.17) is 16.3 Å². The van der Waals surface area contributed by atoms with Crippen molar-refractivity contribution < 1.29 is 9.53 Å². The van der Waals surface area contributed by atoms with Gasteiger partial charge in [0.05, 0.1) is 6.04 Å². The van der Waals surface area contributed by atoms with Crippen molar-refractivity contribution in [3.05, 3.63) is 59.1 Å². The van der Waals surface area contributed by atoms with E-state index in [1.807, 2.05) is 23.9 Å². The van der Waals surface area contributed by atoms with Crippen molar-refractivity contribution in [2.75, 3.05) is 5.75 Å². The summed E-state index contributed by atoms with van der Waals surface area (Å²) in [6.45, 7) is 1.76. The first-order valence-corrected chi connectivity index (χ1v) is 8.94. The number of fused-ring (bicyclic) bond motifs is 1. The minimum atomic E-state index is -0.557. The molecule has 0 saturated heterocycles. The summed E-state index contributed by atoms with van der Waals surface area (Å²) >= 11 is 7.69. The fourth-order valence-corrected chi connectivity index (χ4v) is 3.80. The van der Waals surface area contributed by atoms with Crippen LogP contribution in [0.2, 0.25) is 5.02 Å². The third kappa shape index (κ3) is 4.01. The SMILES string of the molecule is C[C@H](Oc1ccc(Cl)cc1)C(=O)N[C@@H]1CCSc2ccccc21. The number of carbonyl (C=O) groups is 1. The van der Waals surface area contributed by atoms with Gasteiger partial charge in [0.15, 0.2) is 6.10 Å². The first-order chi connectivity index (χ1) is 11.1. The lowest BCUT2D eigenvalue weighted by Gasteiger charge is -2.27. The van der Waals surface area contributed by atoms with Crippen LogP contribution in [0.4, 0.5) is 0 Å². The normalized spacial score (nSPS) is 17.9. The third-order valence-electron chi connectivity index (χ3n) is 3.77. The highest BCUT2D eigenvalue weighted by Crippen LogP contribution is 2.35. The Morgan fingerprint density at radius 3 is 2.78 bits per heavy atom. The Balaban J connectivity index is 1.64. The van der Waals surface area contributed by atoms with Crippen molar-refractivity contribution in [1.29, 1.82) is 0 Å². The lowest BCUT2D eigenvalue weighted by atomic mass is 10.0. The van der Waals surface area contributed by atoms with Gasteiger partial charge in [-0.3, -0.25) is 4.79 Å². The molecule has 0 unspecified atom stereocenters. The molecule has 2 aromatic rings. The number of halogens is 1. The number of nitrogens with one attached hydrogen (secondary N) is 1. The summed E-state index contributed by atoms with van der Waals surface area (Å²) in [5.41, 5.74) is 1.19. The number of hydrogen-bond acceptors (Lipinski definition) is 3. The quantitative estimate of drug-likeness (QED) is 0.887. The van der Waals surface area contributed by atoms with Gasteiger partial charge in [0.25, 0.3) is 5.91 Å². The number of amides is 1. The summed E-state index contributed by atoms with van der Waals surface area (Å²) in [7, 11) is 0. The molecule has 2 atom stereocenters. The van der Waals surface area contributed by atoms with E-state index >= 15 is 0 Å². The van der Waals surface area contributed by atoms with E-state index in [-0.39, 0.29) is 11.9 Å². The average Bonchev–Trinajstić information content (AvgIpc) is 2.57. The Labute approximate surface area is 145 Å². The van der Waals surface area contributed by atoms with Gasteiger partial charge < -0.3 is 10.1 Å². The average molecular weight is 348 g/mol. The maximum atomic E-state index is 12.4. The molecule has 1 aliphatic rings. The molecule has 0 radical (unpaired) electrons. The summed E-state index contributed by atoms with van der Waals surface area (Å²) in [6.07, 6.45) is 0.374. The van der Waals surface area contributed by atoms with Crippen LogP contribution in [0.15, 0.2) is 53.4 Å². The molecule has 0 fully saturated rings. The number of rotatable bonds is 4. The first kappa shape index (κ1) is 16.2. The monoisotopic (exact) mass is 347 g/mol. The van der Waals surface area contributed by atoms with Gasteiger partial charge in [0, 0.05) is 15.7 Å². The van der Waals surface area contributed by atoms with Crippen LogP contribution in [-0.2, 0) is 4.79 Å². The molecule has 3 nitrogen and oxygen atoms in total. The van der Waals surface area contributed by atoms with Gasteiger partial charge in [0.2, 0.25) is 0 Å². The van der Waals surface area contributed by atoms with Crippen molar-refractivity contribution in [3.63, 3.8) is 0 Å². The van der Waals surface area contributed by atoms with Gasteiger partial charge in [-0.2, -0.15) is 0 Å². The van der Waals surface area contributed by atoms with Crippen molar-refractivity contribution in [2.24, 2.45) is 0 Å².